The predicted molar refractivity (Wildman–Crippen MR) is 66.9 cm³/mol. The SMILES string of the molecule is Oc1ccccc1/C=N/OCc1cccc(F)c1. The van der Waals surface area contributed by atoms with Crippen molar-refractivity contribution in [2.45, 2.75) is 6.61 Å². The summed E-state index contributed by atoms with van der Waals surface area (Å²) in [5.74, 6) is -0.170. The molecule has 0 aliphatic carbocycles. The van der Waals surface area contributed by atoms with Crippen LogP contribution >= 0.6 is 0 Å². The maximum atomic E-state index is 12.9. The highest BCUT2D eigenvalue weighted by atomic mass is 19.1. The third-order valence-electron chi connectivity index (χ3n) is 2.32. The molecule has 2 aromatic carbocycles. The van der Waals surface area contributed by atoms with E-state index in [2.05, 4.69) is 5.16 Å². The third-order valence-corrected chi connectivity index (χ3v) is 2.32. The standard InChI is InChI=1S/C14H12FNO2/c15-13-6-3-4-11(8-13)10-18-16-9-12-5-1-2-7-14(12)17/h1-9,17H,10H2/b16-9+. The van der Waals surface area contributed by atoms with E-state index >= 15 is 0 Å². The van der Waals surface area contributed by atoms with Crippen molar-refractivity contribution in [2.24, 2.45) is 5.16 Å². The van der Waals surface area contributed by atoms with Crippen LogP contribution in [0, 0.1) is 5.82 Å². The van der Waals surface area contributed by atoms with E-state index in [0.29, 0.717) is 11.1 Å². The first-order valence-corrected chi connectivity index (χ1v) is 5.43. The van der Waals surface area contributed by atoms with Crippen molar-refractivity contribution in [1.29, 1.82) is 0 Å². The Labute approximate surface area is 104 Å². The molecule has 2 aromatic rings. The fourth-order valence-electron chi connectivity index (χ4n) is 1.43. The number of aromatic hydroxyl groups is 1. The number of hydrogen-bond acceptors (Lipinski definition) is 3. The summed E-state index contributed by atoms with van der Waals surface area (Å²) in [6.07, 6.45) is 1.41. The van der Waals surface area contributed by atoms with Crippen LogP contribution in [0.3, 0.4) is 0 Å². The van der Waals surface area contributed by atoms with Crippen molar-refractivity contribution in [2.75, 3.05) is 0 Å². The van der Waals surface area contributed by atoms with Crippen LogP contribution in [0.2, 0.25) is 0 Å². The molecule has 4 heteroatoms. The van der Waals surface area contributed by atoms with Crippen molar-refractivity contribution in [3.05, 3.63) is 65.5 Å². The quantitative estimate of drug-likeness (QED) is 0.664. The van der Waals surface area contributed by atoms with Crippen LogP contribution in [-0.4, -0.2) is 11.3 Å². The Morgan fingerprint density at radius 2 is 2.00 bits per heavy atom. The van der Waals surface area contributed by atoms with Gasteiger partial charge in [0.15, 0.2) is 0 Å². The summed E-state index contributed by atoms with van der Waals surface area (Å²) in [6.45, 7) is 0.182. The van der Waals surface area contributed by atoms with Gasteiger partial charge in [0.05, 0.1) is 6.21 Å². The maximum Gasteiger partial charge on any atom is 0.142 e. The van der Waals surface area contributed by atoms with Gasteiger partial charge >= 0.3 is 0 Å². The number of rotatable bonds is 4. The Kier molecular flexibility index (Phi) is 3.91. The van der Waals surface area contributed by atoms with Crippen LogP contribution in [0.4, 0.5) is 4.39 Å². The van der Waals surface area contributed by atoms with Gasteiger partial charge in [-0.05, 0) is 29.8 Å². The van der Waals surface area contributed by atoms with Crippen LogP contribution in [0.5, 0.6) is 5.75 Å². The lowest BCUT2D eigenvalue weighted by molar-refractivity contribution is 0.132. The Bertz CT molecular complexity index is 555. The fourth-order valence-corrected chi connectivity index (χ4v) is 1.43. The van der Waals surface area contributed by atoms with Crippen molar-refractivity contribution < 1.29 is 14.3 Å². The van der Waals surface area contributed by atoms with Crippen molar-refractivity contribution in [3.8, 4) is 5.75 Å². The molecule has 3 nitrogen and oxygen atoms in total. The lowest BCUT2D eigenvalue weighted by atomic mass is 10.2. The molecule has 0 heterocycles. The number of phenolic OH excluding ortho intramolecular Hbond substituents is 1. The van der Waals surface area contributed by atoms with Gasteiger partial charge in [-0.15, -0.1) is 0 Å². The summed E-state index contributed by atoms with van der Waals surface area (Å²) in [4.78, 5) is 5.03. The van der Waals surface area contributed by atoms with Gasteiger partial charge in [-0.25, -0.2) is 4.39 Å². The minimum atomic E-state index is -0.305. The van der Waals surface area contributed by atoms with E-state index in [1.807, 2.05) is 0 Å². The molecule has 18 heavy (non-hydrogen) atoms. The predicted octanol–water partition coefficient (Wildman–Crippen LogP) is 3.08. The molecule has 92 valence electrons. The van der Waals surface area contributed by atoms with E-state index in [1.54, 1.807) is 36.4 Å². The summed E-state index contributed by atoms with van der Waals surface area (Å²) < 4.78 is 12.9. The zero-order valence-electron chi connectivity index (χ0n) is 9.58. The monoisotopic (exact) mass is 245 g/mol. The molecule has 1 N–H and O–H groups in total. The molecule has 0 aromatic heterocycles. The van der Waals surface area contributed by atoms with Crippen LogP contribution < -0.4 is 0 Å². The molecule has 0 fully saturated rings. The first-order valence-electron chi connectivity index (χ1n) is 5.43. The number of para-hydroxylation sites is 1. The maximum absolute atomic E-state index is 12.9. The molecule has 0 radical (unpaired) electrons. The van der Waals surface area contributed by atoms with Crippen LogP contribution in [-0.2, 0) is 11.4 Å². The molecule has 0 amide bonds. The average molecular weight is 245 g/mol. The summed E-state index contributed by atoms with van der Waals surface area (Å²) in [6, 6.07) is 12.9. The minimum absolute atomic E-state index is 0.135. The largest absolute Gasteiger partial charge is 0.507 e. The lowest BCUT2D eigenvalue weighted by Gasteiger charge is -2.00. The molecular weight excluding hydrogens is 233 g/mol. The number of oxime groups is 1. The smallest absolute Gasteiger partial charge is 0.142 e. The van der Waals surface area contributed by atoms with E-state index in [4.69, 9.17) is 4.84 Å². The van der Waals surface area contributed by atoms with Crippen LogP contribution in [0.25, 0.3) is 0 Å². The topological polar surface area (TPSA) is 41.8 Å². The first-order chi connectivity index (χ1) is 8.75. The van der Waals surface area contributed by atoms with E-state index in [9.17, 15) is 9.50 Å². The van der Waals surface area contributed by atoms with Gasteiger partial charge in [-0.3, -0.25) is 0 Å². The highest BCUT2D eigenvalue weighted by Crippen LogP contribution is 2.13. The Morgan fingerprint density at radius 3 is 2.78 bits per heavy atom. The molecular formula is C14H12FNO2. The van der Waals surface area contributed by atoms with Crippen molar-refractivity contribution in [3.63, 3.8) is 0 Å². The van der Waals surface area contributed by atoms with Gasteiger partial charge in [0.2, 0.25) is 0 Å². The number of halogens is 1. The second-order valence-corrected chi connectivity index (χ2v) is 3.70. The number of hydrogen-bond donors (Lipinski definition) is 1. The van der Waals surface area contributed by atoms with Gasteiger partial charge < -0.3 is 9.94 Å². The van der Waals surface area contributed by atoms with Crippen LogP contribution in [0.1, 0.15) is 11.1 Å². The van der Waals surface area contributed by atoms with Gasteiger partial charge in [0, 0.05) is 5.56 Å². The Hall–Kier alpha value is -2.36. The minimum Gasteiger partial charge on any atom is -0.507 e. The number of nitrogens with zero attached hydrogens (tertiary/aromatic N) is 1. The number of phenols is 1. The molecule has 0 bridgehead atoms. The zero-order valence-corrected chi connectivity index (χ0v) is 9.58. The second-order valence-electron chi connectivity index (χ2n) is 3.70. The Balaban J connectivity index is 1.91. The highest BCUT2D eigenvalue weighted by molar-refractivity contribution is 5.82. The second kappa shape index (κ2) is 5.82. The van der Waals surface area contributed by atoms with Crippen molar-refractivity contribution >= 4 is 6.21 Å². The molecule has 0 saturated carbocycles. The highest BCUT2D eigenvalue weighted by Gasteiger charge is 1.96. The van der Waals surface area contributed by atoms with Gasteiger partial charge in [0.1, 0.15) is 18.2 Å². The summed E-state index contributed by atoms with van der Waals surface area (Å²) in [7, 11) is 0. The third kappa shape index (κ3) is 3.31. The van der Waals surface area contributed by atoms with E-state index < -0.39 is 0 Å². The molecule has 0 aliphatic rings. The molecule has 0 spiro atoms. The molecule has 0 saturated heterocycles. The first kappa shape index (κ1) is 12.1. The summed E-state index contributed by atoms with van der Waals surface area (Å²) in [5, 5.41) is 13.2. The average Bonchev–Trinajstić information content (AvgIpc) is 2.37. The zero-order chi connectivity index (χ0) is 12.8. The van der Waals surface area contributed by atoms with Gasteiger partial charge in [-0.2, -0.15) is 0 Å². The summed E-state index contributed by atoms with van der Waals surface area (Å²) >= 11 is 0. The van der Waals surface area contributed by atoms with E-state index in [1.165, 1.54) is 18.3 Å². The molecule has 2 rings (SSSR count). The number of benzene rings is 2. The summed E-state index contributed by atoms with van der Waals surface area (Å²) in [5.41, 5.74) is 1.26. The van der Waals surface area contributed by atoms with E-state index in [-0.39, 0.29) is 18.2 Å². The molecule has 0 unspecified atom stereocenters. The van der Waals surface area contributed by atoms with Crippen molar-refractivity contribution in [1.82, 2.24) is 0 Å². The normalized spacial score (nSPS) is 10.7. The van der Waals surface area contributed by atoms with Crippen LogP contribution in [0.15, 0.2) is 53.7 Å². The Morgan fingerprint density at radius 1 is 1.17 bits per heavy atom. The molecule has 0 atom stereocenters. The fraction of sp³-hybridized carbons (Fsp3) is 0.0714. The molecule has 0 aliphatic heterocycles. The van der Waals surface area contributed by atoms with Gasteiger partial charge in [-0.1, -0.05) is 29.4 Å². The van der Waals surface area contributed by atoms with E-state index in [0.717, 1.165) is 0 Å². The van der Waals surface area contributed by atoms with Gasteiger partial charge in [0.25, 0.3) is 0 Å². The lowest BCUT2D eigenvalue weighted by Crippen LogP contribution is -1.89.